The lowest BCUT2D eigenvalue weighted by atomic mass is 10.3. The van der Waals surface area contributed by atoms with Gasteiger partial charge in [0.15, 0.2) is 0 Å². The molecule has 0 fully saturated rings. The van der Waals surface area contributed by atoms with Crippen LogP contribution in [0, 0.1) is 5.41 Å². The first-order valence-corrected chi connectivity index (χ1v) is 2.53. The summed E-state index contributed by atoms with van der Waals surface area (Å²) in [6.07, 6.45) is 4.54. The lowest BCUT2D eigenvalue weighted by Crippen LogP contribution is -2.12. The second-order valence-electron chi connectivity index (χ2n) is 1.61. The van der Waals surface area contributed by atoms with Crippen LogP contribution in [-0.4, -0.2) is 12.2 Å². The molecule has 0 spiro atoms. The number of aliphatic imine (C=N–C) groups is 1. The Kier molecular flexibility index (Phi) is 1.44. The third-order valence-corrected chi connectivity index (χ3v) is 1.00. The Hall–Kier alpha value is -1.38. The molecule has 0 aromatic rings. The van der Waals surface area contributed by atoms with E-state index in [1.807, 2.05) is 6.08 Å². The van der Waals surface area contributed by atoms with Gasteiger partial charge in [-0.2, -0.15) is 0 Å². The van der Waals surface area contributed by atoms with E-state index in [0.29, 0.717) is 5.84 Å². The standard InChI is InChI=1S/C6H7N3/c1-5-2-3-8-6(5)9-4-7/h2-4H,1H2,(H2,7,8,9). The smallest absolute Gasteiger partial charge is 0.138 e. The van der Waals surface area contributed by atoms with Gasteiger partial charge in [0.05, 0.1) is 0 Å². The third kappa shape index (κ3) is 1.05. The lowest BCUT2D eigenvalue weighted by Gasteiger charge is -1.92. The molecule has 0 aromatic carbocycles. The Labute approximate surface area is 53.3 Å². The number of nitrogens with one attached hydrogen (secondary N) is 2. The summed E-state index contributed by atoms with van der Waals surface area (Å²) in [5.41, 5.74) is 0.818. The minimum absolute atomic E-state index is 0.657. The first-order valence-electron chi connectivity index (χ1n) is 2.53. The molecule has 0 saturated heterocycles. The molecule has 0 atom stereocenters. The van der Waals surface area contributed by atoms with Crippen LogP contribution in [0.1, 0.15) is 0 Å². The fourth-order valence-electron chi connectivity index (χ4n) is 0.578. The van der Waals surface area contributed by atoms with Crippen LogP contribution in [0.25, 0.3) is 0 Å². The normalized spacial score (nSPS) is 20.4. The van der Waals surface area contributed by atoms with E-state index in [-0.39, 0.29) is 0 Å². The van der Waals surface area contributed by atoms with Crippen LogP contribution in [0.5, 0.6) is 0 Å². The van der Waals surface area contributed by atoms with Crippen LogP contribution >= 0.6 is 0 Å². The maximum atomic E-state index is 6.64. The number of rotatable bonds is 1. The van der Waals surface area contributed by atoms with E-state index in [2.05, 4.69) is 16.9 Å². The average Bonchev–Trinajstić information content (AvgIpc) is 2.18. The molecule has 0 aromatic heterocycles. The van der Waals surface area contributed by atoms with Gasteiger partial charge in [0, 0.05) is 11.8 Å². The summed E-state index contributed by atoms with van der Waals surface area (Å²) in [5, 5.41) is 9.46. The van der Waals surface area contributed by atoms with Gasteiger partial charge in [-0.15, -0.1) is 0 Å². The third-order valence-electron chi connectivity index (χ3n) is 1.00. The molecule has 9 heavy (non-hydrogen) atoms. The molecule has 1 aliphatic rings. The van der Waals surface area contributed by atoms with Crippen molar-refractivity contribution in [2.45, 2.75) is 0 Å². The first kappa shape index (κ1) is 5.75. The summed E-state index contributed by atoms with van der Waals surface area (Å²) >= 11 is 0. The molecule has 1 heterocycles. The van der Waals surface area contributed by atoms with Crippen LogP contribution in [0.15, 0.2) is 29.4 Å². The van der Waals surface area contributed by atoms with Crippen LogP contribution in [0.4, 0.5) is 0 Å². The Morgan fingerprint density at radius 3 is 3.00 bits per heavy atom. The molecule has 2 N–H and O–H groups in total. The van der Waals surface area contributed by atoms with Gasteiger partial charge in [-0.05, 0) is 6.08 Å². The SMILES string of the molecule is C=C1C=CNC1=NC=N. The molecule has 3 heteroatoms. The second-order valence-corrected chi connectivity index (χ2v) is 1.61. The molecular formula is C6H7N3. The summed E-state index contributed by atoms with van der Waals surface area (Å²) < 4.78 is 0. The molecule has 0 unspecified atom stereocenters. The molecular weight excluding hydrogens is 114 g/mol. The minimum atomic E-state index is 0.657. The van der Waals surface area contributed by atoms with Gasteiger partial charge in [-0.1, -0.05) is 6.58 Å². The molecule has 1 rings (SSSR count). The molecule has 0 saturated carbocycles. The van der Waals surface area contributed by atoms with Crippen molar-refractivity contribution in [1.82, 2.24) is 5.32 Å². The second kappa shape index (κ2) is 2.26. The van der Waals surface area contributed by atoms with Gasteiger partial charge in [0.1, 0.15) is 12.2 Å². The highest BCUT2D eigenvalue weighted by Gasteiger charge is 2.02. The van der Waals surface area contributed by atoms with Crippen LogP contribution < -0.4 is 5.32 Å². The van der Waals surface area contributed by atoms with Gasteiger partial charge in [0.2, 0.25) is 0 Å². The molecule has 0 bridgehead atoms. The lowest BCUT2D eigenvalue weighted by molar-refractivity contribution is 1.31. The zero-order valence-electron chi connectivity index (χ0n) is 4.89. The van der Waals surface area contributed by atoms with E-state index in [0.717, 1.165) is 11.9 Å². The summed E-state index contributed by atoms with van der Waals surface area (Å²) in [4.78, 5) is 3.69. The Balaban J connectivity index is 2.77. The molecule has 0 radical (unpaired) electrons. The van der Waals surface area contributed by atoms with Crippen LogP contribution in [-0.2, 0) is 0 Å². The van der Waals surface area contributed by atoms with Crippen molar-refractivity contribution in [3.8, 4) is 0 Å². The minimum Gasteiger partial charge on any atom is -0.346 e. The van der Waals surface area contributed by atoms with Crippen molar-refractivity contribution in [1.29, 1.82) is 5.41 Å². The maximum Gasteiger partial charge on any atom is 0.138 e. The van der Waals surface area contributed by atoms with Gasteiger partial charge in [-0.25, -0.2) is 4.99 Å². The molecule has 0 amide bonds. The summed E-state index contributed by atoms with van der Waals surface area (Å²) in [5.74, 6) is 0.657. The Morgan fingerprint density at radius 1 is 1.78 bits per heavy atom. The van der Waals surface area contributed by atoms with E-state index >= 15 is 0 Å². The van der Waals surface area contributed by atoms with Crippen LogP contribution in [0.3, 0.4) is 0 Å². The zero-order chi connectivity index (χ0) is 6.69. The number of amidine groups is 1. The monoisotopic (exact) mass is 121 g/mol. The van der Waals surface area contributed by atoms with E-state index in [1.165, 1.54) is 0 Å². The average molecular weight is 121 g/mol. The molecule has 0 aliphatic carbocycles. The zero-order valence-corrected chi connectivity index (χ0v) is 4.89. The quantitative estimate of drug-likeness (QED) is 0.388. The Morgan fingerprint density at radius 2 is 2.56 bits per heavy atom. The van der Waals surface area contributed by atoms with Gasteiger partial charge in [0.25, 0.3) is 0 Å². The highest BCUT2D eigenvalue weighted by atomic mass is 15.0. The number of hydrogen-bond donors (Lipinski definition) is 2. The van der Waals surface area contributed by atoms with Crippen molar-refractivity contribution in [3.63, 3.8) is 0 Å². The predicted molar refractivity (Wildman–Crippen MR) is 37.6 cm³/mol. The van der Waals surface area contributed by atoms with Crippen molar-refractivity contribution in [2.75, 3.05) is 0 Å². The largest absolute Gasteiger partial charge is 0.346 e. The van der Waals surface area contributed by atoms with Crippen molar-refractivity contribution < 1.29 is 0 Å². The van der Waals surface area contributed by atoms with Gasteiger partial charge in [-0.3, -0.25) is 5.41 Å². The van der Waals surface area contributed by atoms with E-state index in [1.54, 1.807) is 6.20 Å². The molecule has 1 aliphatic heterocycles. The van der Waals surface area contributed by atoms with Gasteiger partial charge >= 0.3 is 0 Å². The Bertz CT molecular complexity index is 200. The maximum absolute atomic E-state index is 6.64. The fraction of sp³-hybridized carbons (Fsp3) is 0. The van der Waals surface area contributed by atoms with Crippen LogP contribution in [0.2, 0.25) is 0 Å². The summed E-state index contributed by atoms with van der Waals surface area (Å²) in [6.45, 7) is 3.67. The molecule has 46 valence electrons. The van der Waals surface area contributed by atoms with Crippen molar-refractivity contribution in [2.24, 2.45) is 4.99 Å². The van der Waals surface area contributed by atoms with Crippen molar-refractivity contribution in [3.05, 3.63) is 24.4 Å². The van der Waals surface area contributed by atoms with E-state index < -0.39 is 0 Å². The summed E-state index contributed by atoms with van der Waals surface area (Å²) in [7, 11) is 0. The topological polar surface area (TPSA) is 48.2 Å². The number of hydrogen-bond acceptors (Lipinski definition) is 1. The van der Waals surface area contributed by atoms with Gasteiger partial charge < -0.3 is 5.32 Å². The number of nitrogens with zero attached hydrogens (tertiary/aromatic N) is 1. The highest BCUT2D eigenvalue weighted by Crippen LogP contribution is 1.99. The molecule has 3 nitrogen and oxygen atoms in total. The fourth-order valence-corrected chi connectivity index (χ4v) is 0.578. The first-order chi connectivity index (χ1) is 4.34. The predicted octanol–water partition coefficient (Wildman–Crippen LogP) is 0.665. The van der Waals surface area contributed by atoms with E-state index in [9.17, 15) is 0 Å². The highest BCUT2D eigenvalue weighted by molar-refractivity contribution is 6.06. The summed E-state index contributed by atoms with van der Waals surface area (Å²) in [6, 6.07) is 0. The van der Waals surface area contributed by atoms with E-state index in [4.69, 9.17) is 5.41 Å². The van der Waals surface area contributed by atoms with Crippen molar-refractivity contribution >= 4 is 12.2 Å².